The van der Waals surface area contributed by atoms with Gasteiger partial charge in [0.05, 0.1) is 124 Å². The minimum Gasteiger partial charge on any atom is -0.506 e. The third-order valence-electron chi connectivity index (χ3n) is 13.9. The molecule has 0 bridgehead atoms. The van der Waals surface area contributed by atoms with Gasteiger partial charge < -0.3 is 103 Å². The first kappa shape index (κ1) is 81.2. The van der Waals surface area contributed by atoms with Gasteiger partial charge in [-0.05, 0) is 181 Å². The van der Waals surface area contributed by atoms with Crippen LogP contribution in [-0.2, 0) is 26.2 Å². The molecule has 0 aliphatic carbocycles. The van der Waals surface area contributed by atoms with E-state index in [-0.39, 0.29) is 215 Å². The Bertz CT molecular complexity index is 2680. The number of phenols is 8. The van der Waals surface area contributed by atoms with Crippen LogP contribution >= 0.6 is 181 Å². The van der Waals surface area contributed by atoms with Crippen LogP contribution in [0.3, 0.4) is 0 Å². The molecule has 0 spiro atoms. The molecule has 4 amide bonds. The molecule has 5 rings (SSSR count). The van der Waals surface area contributed by atoms with Crippen LogP contribution in [0.1, 0.15) is 63.7 Å². The van der Waals surface area contributed by atoms with Gasteiger partial charge in [0.2, 0.25) is 0 Å². The fourth-order valence-corrected chi connectivity index (χ4v) is 17.6. The van der Waals surface area contributed by atoms with E-state index in [1.165, 1.54) is 0 Å². The van der Waals surface area contributed by atoms with Crippen molar-refractivity contribution in [2.45, 2.75) is 50.6 Å². The number of amides is 4. The smallest absolute Gasteiger partial charge is 0.253 e. The van der Waals surface area contributed by atoms with E-state index in [1.807, 2.05) is 19.6 Å². The number of hydrogen-bond donors (Lipinski definition) is 20. The molecule has 28 nitrogen and oxygen atoms in total. The Morgan fingerprint density at radius 2 is 0.449 bits per heavy atom. The Morgan fingerprint density at radius 3 is 0.573 bits per heavy atom. The molecular weight excluding hydrogens is 2250 g/mol. The minimum atomic E-state index is -1.29. The van der Waals surface area contributed by atoms with Crippen molar-refractivity contribution in [1.29, 1.82) is 0 Å². The first-order valence-corrected chi connectivity index (χ1v) is 34.9. The molecule has 1 aliphatic rings. The summed E-state index contributed by atoms with van der Waals surface area (Å²) in [7, 11) is 0. The quantitative estimate of drug-likeness (QED) is 0.0432. The van der Waals surface area contributed by atoms with E-state index in [0.29, 0.717) is 0 Å². The fraction of sp³-hybridized carbons (Fsp3) is 0.462. The number of aliphatic hydroxyl groups excluding tert-OH is 8. The molecular formula is C52H64I8LuN8O20. The van der Waals surface area contributed by atoms with Crippen molar-refractivity contribution in [1.82, 2.24) is 40.9 Å². The molecule has 1 radical (unpaired) electrons. The average Bonchev–Trinajstić information content (AvgIpc) is 3.62. The van der Waals surface area contributed by atoms with Gasteiger partial charge in [0.25, 0.3) is 23.6 Å². The zero-order chi connectivity index (χ0) is 65.8. The predicted octanol–water partition coefficient (Wildman–Crippen LogP) is 0.822. The Morgan fingerprint density at radius 1 is 0.315 bits per heavy atom. The van der Waals surface area contributed by atoms with Crippen LogP contribution in [0.4, 0.5) is 0 Å². The number of nitrogens with zero attached hydrogens (tertiary/aromatic N) is 4. The second-order valence-electron chi connectivity index (χ2n) is 20.0. The summed E-state index contributed by atoms with van der Waals surface area (Å²) >= 11 is 14.1. The van der Waals surface area contributed by atoms with E-state index in [4.69, 9.17) is 0 Å². The number of phenolic OH excluding ortho intramolecular Hbond substituents is 8. The molecule has 4 aromatic carbocycles. The van der Waals surface area contributed by atoms with Crippen LogP contribution in [0.2, 0.25) is 0 Å². The molecule has 0 aromatic heterocycles. The Kier molecular flexibility index (Phi) is 34.7. The van der Waals surface area contributed by atoms with Gasteiger partial charge >= 0.3 is 0 Å². The number of rotatable bonds is 24. The van der Waals surface area contributed by atoms with Crippen molar-refractivity contribution in [2.24, 2.45) is 0 Å². The van der Waals surface area contributed by atoms with Crippen molar-refractivity contribution >= 4 is 204 Å². The number of carbonyl (C=O) groups is 4. The first-order valence-electron chi connectivity index (χ1n) is 26.3. The topological polar surface area (TPSA) is 453 Å². The summed E-state index contributed by atoms with van der Waals surface area (Å²) in [6, 6.07) is 0. The summed E-state index contributed by atoms with van der Waals surface area (Å²) in [5, 5.41) is 182. The third-order valence-corrected chi connectivity index (χ3v) is 22.3. The zero-order valence-electron chi connectivity index (χ0n) is 46.3. The maximum Gasteiger partial charge on any atom is 0.253 e. The van der Waals surface area contributed by atoms with Gasteiger partial charge in [-0.25, -0.2) is 0 Å². The Labute approximate surface area is 648 Å². The van der Waals surface area contributed by atoms with Crippen LogP contribution in [0.25, 0.3) is 0 Å². The molecule has 4 unspecified atom stereocenters. The predicted molar refractivity (Wildman–Crippen MR) is 384 cm³/mol. The molecule has 1 heterocycles. The van der Waals surface area contributed by atoms with E-state index in [2.05, 4.69) is 21.3 Å². The molecule has 89 heavy (non-hydrogen) atoms. The second-order valence-corrected chi connectivity index (χ2v) is 28.6. The Hall–Kier alpha value is -0.246. The largest absolute Gasteiger partial charge is 0.506 e. The van der Waals surface area contributed by atoms with E-state index in [1.54, 1.807) is 181 Å². The summed E-state index contributed by atoms with van der Waals surface area (Å²) in [6.45, 7) is -3.98. The van der Waals surface area contributed by atoms with Gasteiger partial charge in [-0.1, -0.05) is 0 Å². The number of halogens is 8. The van der Waals surface area contributed by atoms with Crippen LogP contribution in [0.15, 0.2) is 0 Å². The normalized spacial score (nSPS) is 15.5. The summed E-state index contributed by atoms with van der Waals surface area (Å²) in [6.07, 6.45) is -5.16. The van der Waals surface area contributed by atoms with Crippen LogP contribution in [-0.4, -0.2) is 254 Å². The minimum absolute atomic E-state index is 0. The van der Waals surface area contributed by atoms with Crippen molar-refractivity contribution in [3.8, 4) is 46.0 Å². The standard InChI is InChI=1S/C52H64I8N8O20.Lu/c53-33-29(49(85)61-9-21(73)17-69)34(54)42(78)25(41(33)77)13-65-1-2-66(14-26-43(79)35(55)30(36(56)44(26)80)50(86)62-10-22(74)18-70)5-6-68(16-28-47(83)39(59)32(40(60)48(28)84)52(88)64-12-24(76)20-72)8-7-67(4-3-65)15-27-45(81)37(57)31(38(58)46(27)82)51(87)63-11-23(75)19-71;/h21-24,69-84H,1-20H2,(H,61,85)(H,62,86)(H,63,87)(H,64,88);. The van der Waals surface area contributed by atoms with Crippen molar-refractivity contribution in [3.05, 3.63) is 73.1 Å². The summed E-state index contributed by atoms with van der Waals surface area (Å²) < 4.78 is 0.403. The van der Waals surface area contributed by atoms with Gasteiger partial charge in [-0.3, -0.25) is 38.8 Å². The number of aromatic hydroxyl groups is 8. The monoisotopic (exact) mass is 2310 g/mol. The van der Waals surface area contributed by atoms with Crippen LogP contribution in [0, 0.1) is 65.4 Å². The van der Waals surface area contributed by atoms with E-state index < -0.39 is 120 Å². The SMILES string of the molecule is O=C(NCC(O)CO)c1c(I)c(O)c(CN2CCN(Cc3c(O)c(I)c(C(=O)NCC(O)CO)c(I)c3O)CCN(Cc3c(O)c(I)c(C(=O)NCC(O)CO)c(I)c3O)CCN(Cc3c(O)c(I)c(C(=O)NCC(O)CO)c(I)c3O)CC2)c(O)c1I.[Lu]. The zero-order valence-corrected chi connectivity index (χ0v) is 65.2. The number of nitrogens with one attached hydrogen (secondary N) is 4. The average molecular weight is 2310 g/mol. The maximum atomic E-state index is 13.4. The number of benzene rings is 4. The first-order chi connectivity index (χ1) is 41.4. The van der Waals surface area contributed by atoms with Gasteiger partial charge in [-0.15, -0.1) is 0 Å². The number of hydrogen-bond acceptors (Lipinski definition) is 24. The molecule has 0 saturated carbocycles. The molecule has 1 saturated heterocycles. The van der Waals surface area contributed by atoms with E-state index >= 15 is 0 Å². The second kappa shape index (κ2) is 38.0. The van der Waals surface area contributed by atoms with Gasteiger partial charge in [0, 0.05) is 142 Å². The van der Waals surface area contributed by atoms with Gasteiger partial charge in [-0.2, -0.15) is 0 Å². The third kappa shape index (κ3) is 20.9. The van der Waals surface area contributed by atoms with Crippen LogP contribution < -0.4 is 21.3 Å². The molecule has 503 valence electrons. The summed E-state index contributed by atoms with van der Waals surface area (Å²) in [4.78, 5) is 61.1. The summed E-state index contributed by atoms with van der Waals surface area (Å²) in [5.74, 6) is -6.63. The van der Waals surface area contributed by atoms with Crippen molar-refractivity contribution < 1.29 is 138 Å². The Balaban J connectivity index is 0.0000169. The molecule has 1 aliphatic heterocycles. The van der Waals surface area contributed by atoms with Gasteiger partial charge in [0.1, 0.15) is 46.0 Å². The van der Waals surface area contributed by atoms with Crippen LogP contribution in [0.5, 0.6) is 46.0 Å². The molecule has 20 N–H and O–H groups in total. The maximum absolute atomic E-state index is 13.4. The van der Waals surface area contributed by atoms with E-state index in [9.17, 15) is 101 Å². The van der Waals surface area contributed by atoms with Crippen molar-refractivity contribution in [2.75, 3.05) is 105 Å². The van der Waals surface area contributed by atoms with E-state index in [0.717, 1.165) is 0 Å². The van der Waals surface area contributed by atoms with Crippen molar-refractivity contribution in [3.63, 3.8) is 0 Å². The van der Waals surface area contributed by atoms with Gasteiger partial charge in [0.15, 0.2) is 0 Å². The molecule has 1 fully saturated rings. The fourth-order valence-electron chi connectivity index (χ4n) is 8.80. The summed E-state index contributed by atoms with van der Waals surface area (Å²) in [5.41, 5.74) is -0.388. The molecule has 4 aromatic rings. The molecule has 37 heteroatoms. The number of aliphatic hydroxyl groups is 8. The molecule has 4 atom stereocenters. The number of carbonyl (C=O) groups excluding carboxylic acids is 4.